The van der Waals surface area contributed by atoms with E-state index in [-0.39, 0.29) is 17.8 Å². The number of carbonyl (C=O) groups excluding carboxylic acids is 1. The lowest BCUT2D eigenvalue weighted by molar-refractivity contribution is -0.00916. The second-order valence-electron chi connectivity index (χ2n) is 6.04. The van der Waals surface area contributed by atoms with Gasteiger partial charge in [-0.1, -0.05) is 6.42 Å². The Morgan fingerprint density at radius 2 is 2.10 bits per heavy atom. The van der Waals surface area contributed by atoms with E-state index in [2.05, 4.69) is 10.2 Å². The van der Waals surface area contributed by atoms with E-state index in [1.165, 1.54) is 10.8 Å². The van der Waals surface area contributed by atoms with Crippen LogP contribution in [0.25, 0.3) is 5.65 Å². The summed E-state index contributed by atoms with van der Waals surface area (Å²) >= 11 is 0. The number of hydrogen-bond donors (Lipinski definition) is 1. The zero-order valence-electron chi connectivity index (χ0n) is 11.6. The highest BCUT2D eigenvalue weighted by molar-refractivity contribution is 5.95. The topological polar surface area (TPSA) is 76.5 Å². The van der Waals surface area contributed by atoms with Crippen LogP contribution < -0.4 is 5.69 Å². The maximum atomic E-state index is 12.5. The molecule has 2 fully saturated rings. The highest BCUT2D eigenvalue weighted by Gasteiger charge is 2.41. The Kier molecular flexibility index (Phi) is 2.83. The molecule has 2 aliphatic carbocycles. The molecule has 0 radical (unpaired) electrons. The molecule has 0 spiro atoms. The largest absolute Gasteiger partial charge is 0.458 e. The summed E-state index contributed by atoms with van der Waals surface area (Å²) in [6.07, 6.45) is 7.47. The van der Waals surface area contributed by atoms with Gasteiger partial charge in [0.15, 0.2) is 5.65 Å². The van der Waals surface area contributed by atoms with Gasteiger partial charge in [-0.05, 0) is 49.7 Å². The van der Waals surface area contributed by atoms with Gasteiger partial charge in [-0.25, -0.2) is 19.1 Å². The molecule has 0 aromatic carbocycles. The van der Waals surface area contributed by atoms with Crippen LogP contribution in [0.1, 0.15) is 42.5 Å². The maximum absolute atomic E-state index is 12.5. The van der Waals surface area contributed by atoms with Crippen LogP contribution in [-0.2, 0) is 4.74 Å². The van der Waals surface area contributed by atoms with Crippen molar-refractivity contribution in [3.63, 3.8) is 0 Å². The maximum Gasteiger partial charge on any atom is 0.347 e. The zero-order valence-corrected chi connectivity index (χ0v) is 11.6. The van der Waals surface area contributed by atoms with Gasteiger partial charge in [0, 0.05) is 6.20 Å². The lowest BCUT2D eigenvalue weighted by Crippen LogP contribution is -2.33. The van der Waals surface area contributed by atoms with Gasteiger partial charge in [-0.15, -0.1) is 0 Å². The van der Waals surface area contributed by atoms with Crippen molar-refractivity contribution >= 4 is 11.6 Å². The smallest absolute Gasteiger partial charge is 0.347 e. The first-order valence-electron chi connectivity index (χ1n) is 7.51. The summed E-state index contributed by atoms with van der Waals surface area (Å²) in [5, 5.41) is 6.27. The molecule has 0 amide bonds. The fourth-order valence-electron chi connectivity index (χ4n) is 3.05. The molecular weight excluding hydrogens is 270 g/mol. The standard InChI is InChI=1S/C15H17N3O3/c19-14(21-12(10-6-7-10)9-3-1-4-9)11-5-2-8-18-13(11)16-17-15(18)20/h2,5,8-10,12H,1,3-4,6-7H2,(H,17,20). The van der Waals surface area contributed by atoms with Crippen molar-refractivity contribution in [2.45, 2.75) is 38.2 Å². The predicted octanol–water partition coefficient (Wildman–Crippen LogP) is 1.76. The number of H-pyrrole nitrogens is 1. The summed E-state index contributed by atoms with van der Waals surface area (Å²) in [5.74, 6) is 0.673. The Hall–Kier alpha value is -2.11. The summed E-state index contributed by atoms with van der Waals surface area (Å²) in [4.78, 5) is 24.0. The summed E-state index contributed by atoms with van der Waals surface area (Å²) in [6, 6.07) is 3.32. The van der Waals surface area contributed by atoms with Crippen LogP contribution in [0.15, 0.2) is 23.1 Å². The number of nitrogens with one attached hydrogen (secondary N) is 1. The van der Waals surface area contributed by atoms with Gasteiger partial charge in [0.2, 0.25) is 0 Å². The molecule has 2 aliphatic rings. The Morgan fingerprint density at radius 3 is 2.76 bits per heavy atom. The first-order valence-corrected chi connectivity index (χ1v) is 7.51. The average Bonchev–Trinajstić information content (AvgIpc) is 3.20. The minimum atomic E-state index is -0.372. The minimum absolute atomic E-state index is 0.0390. The SMILES string of the molecule is O=C(OC(C1CCC1)C1CC1)c1cccn2c(=O)[nH]nc12. The minimum Gasteiger partial charge on any atom is -0.458 e. The van der Waals surface area contributed by atoms with E-state index < -0.39 is 0 Å². The van der Waals surface area contributed by atoms with Crippen molar-refractivity contribution in [2.75, 3.05) is 0 Å². The van der Waals surface area contributed by atoms with Gasteiger partial charge in [0.1, 0.15) is 11.7 Å². The third-order valence-corrected chi connectivity index (χ3v) is 4.61. The van der Waals surface area contributed by atoms with Crippen molar-refractivity contribution < 1.29 is 9.53 Å². The number of fused-ring (bicyclic) bond motifs is 1. The lowest BCUT2D eigenvalue weighted by Gasteiger charge is -2.33. The number of pyridine rings is 1. The summed E-state index contributed by atoms with van der Waals surface area (Å²) in [5.41, 5.74) is 0.328. The van der Waals surface area contributed by atoms with E-state index in [0.717, 1.165) is 25.7 Å². The van der Waals surface area contributed by atoms with Crippen LogP contribution >= 0.6 is 0 Å². The second-order valence-corrected chi connectivity index (χ2v) is 6.04. The molecule has 2 saturated carbocycles. The highest BCUT2D eigenvalue weighted by atomic mass is 16.5. The molecule has 110 valence electrons. The first kappa shape index (κ1) is 12.6. The number of aromatic amines is 1. The van der Waals surface area contributed by atoms with Crippen molar-refractivity contribution in [3.8, 4) is 0 Å². The Balaban J connectivity index is 1.62. The summed E-state index contributed by atoms with van der Waals surface area (Å²) in [7, 11) is 0. The third-order valence-electron chi connectivity index (χ3n) is 4.61. The van der Waals surface area contributed by atoms with Crippen LogP contribution in [0, 0.1) is 11.8 Å². The number of nitrogens with zero attached hydrogens (tertiary/aromatic N) is 2. The summed E-state index contributed by atoms with van der Waals surface area (Å²) < 4.78 is 7.10. The van der Waals surface area contributed by atoms with Crippen LogP contribution in [0.2, 0.25) is 0 Å². The third kappa shape index (κ3) is 2.14. The van der Waals surface area contributed by atoms with Gasteiger partial charge in [0.05, 0.1) is 0 Å². The van der Waals surface area contributed by atoms with Gasteiger partial charge in [-0.2, -0.15) is 5.10 Å². The van der Waals surface area contributed by atoms with Crippen molar-refractivity contribution in [2.24, 2.45) is 11.8 Å². The first-order chi connectivity index (χ1) is 10.2. The van der Waals surface area contributed by atoms with Gasteiger partial charge >= 0.3 is 11.7 Å². The predicted molar refractivity (Wildman–Crippen MR) is 75.1 cm³/mol. The van der Waals surface area contributed by atoms with E-state index in [4.69, 9.17) is 4.74 Å². The number of rotatable bonds is 4. The zero-order chi connectivity index (χ0) is 14.4. The van der Waals surface area contributed by atoms with Crippen molar-refractivity contribution in [1.82, 2.24) is 14.6 Å². The van der Waals surface area contributed by atoms with Gasteiger partial charge in [0.25, 0.3) is 0 Å². The van der Waals surface area contributed by atoms with Crippen LogP contribution in [0.5, 0.6) is 0 Å². The fraction of sp³-hybridized carbons (Fsp3) is 0.533. The number of carbonyl (C=O) groups is 1. The fourth-order valence-corrected chi connectivity index (χ4v) is 3.05. The molecule has 0 bridgehead atoms. The molecule has 1 N–H and O–H groups in total. The number of aromatic nitrogens is 3. The molecule has 2 heterocycles. The number of ether oxygens (including phenoxy) is 1. The molecule has 1 atom stereocenters. The normalized spacial score (nSPS) is 20.2. The molecule has 0 aliphatic heterocycles. The Morgan fingerprint density at radius 1 is 1.33 bits per heavy atom. The molecule has 2 aromatic heterocycles. The monoisotopic (exact) mass is 287 g/mol. The molecule has 6 heteroatoms. The molecule has 2 aromatic rings. The van der Waals surface area contributed by atoms with Gasteiger partial charge in [-0.3, -0.25) is 0 Å². The summed E-state index contributed by atoms with van der Waals surface area (Å²) in [6.45, 7) is 0. The molecular formula is C15H17N3O3. The van der Waals surface area contributed by atoms with E-state index >= 15 is 0 Å². The Bertz CT molecular complexity index is 740. The lowest BCUT2D eigenvalue weighted by atomic mass is 9.79. The van der Waals surface area contributed by atoms with Crippen molar-refractivity contribution in [3.05, 3.63) is 34.4 Å². The van der Waals surface area contributed by atoms with E-state index in [1.807, 2.05) is 0 Å². The second kappa shape index (κ2) is 4.72. The van der Waals surface area contributed by atoms with Crippen LogP contribution in [0.4, 0.5) is 0 Å². The van der Waals surface area contributed by atoms with Crippen LogP contribution in [0.3, 0.4) is 0 Å². The van der Waals surface area contributed by atoms with Crippen molar-refractivity contribution in [1.29, 1.82) is 0 Å². The quantitative estimate of drug-likeness (QED) is 0.869. The molecule has 0 saturated heterocycles. The van der Waals surface area contributed by atoms with E-state index in [0.29, 0.717) is 23.0 Å². The number of esters is 1. The van der Waals surface area contributed by atoms with Gasteiger partial charge < -0.3 is 4.74 Å². The van der Waals surface area contributed by atoms with E-state index in [9.17, 15) is 9.59 Å². The average molecular weight is 287 g/mol. The highest BCUT2D eigenvalue weighted by Crippen LogP contribution is 2.44. The molecule has 4 rings (SSSR count). The number of hydrogen-bond acceptors (Lipinski definition) is 4. The van der Waals surface area contributed by atoms with Crippen LogP contribution in [-0.4, -0.2) is 26.7 Å². The molecule has 6 nitrogen and oxygen atoms in total. The van der Waals surface area contributed by atoms with E-state index in [1.54, 1.807) is 18.3 Å². The molecule has 1 unspecified atom stereocenters. The Labute approximate surface area is 121 Å². The molecule has 21 heavy (non-hydrogen) atoms.